The summed E-state index contributed by atoms with van der Waals surface area (Å²) in [6, 6.07) is 10.9. The van der Waals surface area contributed by atoms with E-state index >= 15 is 0 Å². The highest BCUT2D eigenvalue weighted by Crippen LogP contribution is 2.28. The van der Waals surface area contributed by atoms with Crippen LogP contribution in [0.3, 0.4) is 0 Å². The normalized spacial score (nSPS) is 13.5. The predicted molar refractivity (Wildman–Crippen MR) is 125 cm³/mol. The molecule has 0 saturated heterocycles. The number of hydrogen-bond acceptors (Lipinski definition) is 4. The quantitative estimate of drug-likeness (QED) is 0.432. The van der Waals surface area contributed by atoms with E-state index in [1.807, 2.05) is 18.2 Å². The molecule has 0 bridgehead atoms. The highest BCUT2D eigenvalue weighted by molar-refractivity contribution is 5.86. The first-order valence-electron chi connectivity index (χ1n) is 9.89. The van der Waals surface area contributed by atoms with Gasteiger partial charge in [-0.1, -0.05) is 6.07 Å². The number of nitrogens with one attached hydrogen (secondary N) is 2. The summed E-state index contributed by atoms with van der Waals surface area (Å²) in [7, 11) is 0. The Morgan fingerprint density at radius 2 is 1.73 bits per heavy atom. The molecule has 5 rings (SSSR count). The van der Waals surface area contributed by atoms with Gasteiger partial charge in [0, 0.05) is 47.4 Å². The van der Waals surface area contributed by atoms with Gasteiger partial charge in [-0.05, 0) is 48.9 Å². The minimum atomic E-state index is -4.56. The highest BCUT2D eigenvalue weighted by atomic mass is 35.5. The van der Waals surface area contributed by atoms with Gasteiger partial charge in [-0.3, -0.25) is 9.36 Å². The van der Waals surface area contributed by atoms with Crippen LogP contribution in [0.4, 0.5) is 13.2 Å². The molecule has 11 heteroatoms. The Morgan fingerprint density at radius 3 is 2.42 bits per heavy atom. The minimum Gasteiger partial charge on any atom is -0.358 e. The topological polar surface area (TPSA) is 75.6 Å². The lowest BCUT2D eigenvalue weighted by atomic mass is 10.1. The van der Waals surface area contributed by atoms with Crippen LogP contribution in [0.25, 0.3) is 27.8 Å². The SMILES string of the molecule is Cl.Cl.O=c1cc(-c2ccc(C(F)(F)F)nn2)ccn1-c1ccc2c3c([nH]c2c1)CCNCC3. The average Bonchev–Trinajstić information content (AvgIpc) is 2.93. The number of halogens is 5. The Hall–Kier alpha value is -2.88. The molecule has 1 aliphatic heterocycles. The van der Waals surface area contributed by atoms with E-state index in [1.165, 1.54) is 28.0 Å². The van der Waals surface area contributed by atoms with E-state index in [4.69, 9.17) is 0 Å². The Bertz CT molecular complexity index is 1330. The predicted octanol–water partition coefficient (Wildman–Crippen LogP) is 4.33. The standard InChI is InChI=1S/C22H18F3N5O.2ClH/c23-22(24,25)20-4-3-17(28-29-20)13-7-10-30(21(31)11-13)14-1-2-15-16-5-8-26-9-6-18(16)27-19(15)12-14;;/h1-4,7,10-12,26-27H,5-6,8-9H2;2*1H. The zero-order chi connectivity index (χ0) is 21.6. The maximum absolute atomic E-state index is 12.7. The van der Waals surface area contributed by atoms with Crippen LogP contribution in [0.5, 0.6) is 0 Å². The van der Waals surface area contributed by atoms with Gasteiger partial charge in [-0.15, -0.1) is 35.0 Å². The lowest BCUT2D eigenvalue weighted by Gasteiger charge is -2.08. The molecule has 0 saturated carbocycles. The molecule has 0 atom stereocenters. The van der Waals surface area contributed by atoms with Crippen molar-refractivity contribution in [2.24, 2.45) is 0 Å². The second kappa shape index (κ2) is 9.54. The van der Waals surface area contributed by atoms with Gasteiger partial charge in [0.1, 0.15) is 0 Å². The molecule has 6 nitrogen and oxygen atoms in total. The Labute approximate surface area is 199 Å². The Morgan fingerprint density at radius 1 is 0.939 bits per heavy atom. The van der Waals surface area contributed by atoms with Crippen molar-refractivity contribution < 1.29 is 13.2 Å². The third-order valence-corrected chi connectivity index (χ3v) is 5.53. The first-order valence-corrected chi connectivity index (χ1v) is 9.89. The molecule has 2 N–H and O–H groups in total. The average molecular weight is 498 g/mol. The molecular weight excluding hydrogens is 478 g/mol. The number of rotatable bonds is 2. The summed E-state index contributed by atoms with van der Waals surface area (Å²) in [5, 5.41) is 11.4. The van der Waals surface area contributed by atoms with Crippen molar-refractivity contribution in [1.29, 1.82) is 0 Å². The number of alkyl halides is 3. The first-order chi connectivity index (χ1) is 14.9. The number of fused-ring (bicyclic) bond motifs is 3. The van der Waals surface area contributed by atoms with Crippen LogP contribution in [0.2, 0.25) is 0 Å². The van der Waals surface area contributed by atoms with Crippen molar-refractivity contribution in [2.45, 2.75) is 19.0 Å². The molecule has 0 unspecified atom stereocenters. The van der Waals surface area contributed by atoms with Gasteiger partial charge in [-0.2, -0.15) is 13.2 Å². The minimum absolute atomic E-state index is 0. The van der Waals surface area contributed by atoms with Gasteiger partial charge in [0.25, 0.3) is 5.56 Å². The van der Waals surface area contributed by atoms with Gasteiger partial charge in [0.15, 0.2) is 5.69 Å². The van der Waals surface area contributed by atoms with Crippen LogP contribution < -0.4 is 10.9 Å². The van der Waals surface area contributed by atoms with E-state index in [-0.39, 0.29) is 36.1 Å². The van der Waals surface area contributed by atoms with E-state index in [0.29, 0.717) is 11.3 Å². The maximum Gasteiger partial charge on any atom is 0.435 e. The third-order valence-electron chi connectivity index (χ3n) is 5.53. The third kappa shape index (κ3) is 4.75. The molecule has 1 aromatic carbocycles. The Kier molecular flexibility index (Phi) is 7.16. The molecule has 1 aliphatic rings. The van der Waals surface area contributed by atoms with Gasteiger partial charge in [0.05, 0.1) is 11.4 Å². The number of hydrogen-bond donors (Lipinski definition) is 2. The van der Waals surface area contributed by atoms with Crippen LogP contribution in [-0.4, -0.2) is 32.8 Å². The zero-order valence-electron chi connectivity index (χ0n) is 17.1. The number of aromatic nitrogens is 4. The van der Waals surface area contributed by atoms with Crippen LogP contribution in [0.1, 0.15) is 17.0 Å². The van der Waals surface area contributed by atoms with E-state index in [2.05, 4.69) is 20.5 Å². The summed E-state index contributed by atoms with van der Waals surface area (Å²) >= 11 is 0. The molecule has 174 valence electrons. The zero-order valence-corrected chi connectivity index (χ0v) is 18.8. The fourth-order valence-electron chi connectivity index (χ4n) is 3.99. The maximum atomic E-state index is 12.7. The van der Waals surface area contributed by atoms with Crippen LogP contribution >= 0.6 is 24.8 Å². The van der Waals surface area contributed by atoms with Crippen LogP contribution in [0, 0.1) is 0 Å². The Balaban J connectivity index is 0.00000153. The molecule has 33 heavy (non-hydrogen) atoms. The summed E-state index contributed by atoms with van der Waals surface area (Å²) in [5.74, 6) is 0. The monoisotopic (exact) mass is 497 g/mol. The molecule has 0 fully saturated rings. The molecule has 0 spiro atoms. The second-order valence-electron chi connectivity index (χ2n) is 7.49. The van der Waals surface area contributed by atoms with E-state index < -0.39 is 11.9 Å². The van der Waals surface area contributed by atoms with Crippen molar-refractivity contribution in [1.82, 2.24) is 25.1 Å². The largest absolute Gasteiger partial charge is 0.435 e. The van der Waals surface area contributed by atoms with Crippen molar-refractivity contribution in [3.63, 3.8) is 0 Å². The number of nitrogens with zero attached hydrogens (tertiary/aromatic N) is 3. The molecule has 3 aromatic heterocycles. The molecule has 0 aliphatic carbocycles. The number of pyridine rings is 1. The van der Waals surface area contributed by atoms with E-state index in [9.17, 15) is 18.0 Å². The lowest BCUT2D eigenvalue weighted by Crippen LogP contribution is -2.17. The molecular formula is C22H20Cl2F3N5O. The smallest absolute Gasteiger partial charge is 0.358 e. The van der Waals surface area contributed by atoms with Crippen LogP contribution in [-0.2, 0) is 19.0 Å². The van der Waals surface area contributed by atoms with Crippen molar-refractivity contribution >= 4 is 35.7 Å². The fourth-order valence-corrected chi connectivity index (χ4v) is 3.99. The van der Waals surface area contributed by atoms with E-state index in [1.54, 1.807) is 12.3 Å². The first kappa shape index (κ1) is 24.8. The molecule has 4 heterocycles. The van der Waals surface area contributed by atoms with Gasteiger partial charge < -0.3 is 10.3 Å². The van der Waals surface area contributed by atoms with Crippen molar-refractivity contribution in [3.8, 4) is 16.9 Å². The van der Waals surface area contributed by atoms with E-state index in [0.717, 1.165) is 42.9 Å². The van der Waals surface area contributed by atoms with Crippen LogP contribution in [0.15, 0.2) is 53.5 Å². The van der Waals surface area contributed by atoms with Crippen molar-refractivity contribution in [3.05, 3.63) is 76.0 Å². The molecule has 0 amide bonds. The molecule has 4 aromatic rings. The highest BCUT2D eigenvalue weighted by Gasteiger charge is 2.32. The van der Waals surface area contributed by atoms with Crippen molar-refractivity contribution in [2.75, 3.05) is 13.1 Å². The summed E-state index contributed by atoms with van der Waals surface area (Å²) < 4.78 is 39.5. The van der Waals surface area contributed by atoms with Gasteiger partial charge >= 0.3 is 6.18 Å². The molecule has 0 radical (unpaired) electrons. The summed E-state index contributed by atoms with van der Waals surface area (Å²) in [6.07, 6.45) is -1.07. The number of H-pyrrole nitrogens is 1. The van der Waals surface area contributed by atoms with Gasteiger partial charge in [0.2, 0.25) is 0 Å². The lowest BCUT2D eigenvalue weighted by molar-refractivity contribution is -0.141. The summed E-state index contributed by atoms with van der Waals surface area (Å²) in [5.41, 5.74) is 3.45. The summed E-state index contributed by atoms with van der Waals surface area (Å²) in [4.78, 5) is 16.2. The summed E-state index contributed by atoms with van der Waals surface area (Å²) in [6.45, 7) is 1.87. The second-order valence-corrected chi connectivity index (χ2v) is 7.49. The number of aromatic amines is 1. The fraction of sp³-hybridized carbons (Fsp3) is 0.227. The number of benzene rings is 1. The van der Waals surface area contributed by atoms with Gasteiger partial charge in [-0.25, -0.2) is 0 Å².